The smallest absolute Gasteiger partial charge is 0.286 e. The van der Waals surface area contributed by atoms with Crippen molar-refractivity contribution in [3.63, 3.8) is 0 Å². The highest BCUT2D eigenvalue weighted by atomic mass is 35.5. The molecule has 24 heavy (non-hydrogen) atoms. The molecule has 0 aliphatic carbocycles. The standard InChI is InChI=1S/C18H16ClN3O2/c1-10-7-11(2)14-9-16(20-15(14)8-10)18(24)22-21-17(23)12-3-5-13(19)6-4-12/h3-9,20H,1-2H3,(H,21,23)(H,22,24). The summed E-state index contributed by atoms with van der Waals surface area (Å²) >= 11 is 5.78. The number of carbonyl (C=O) groups is 2. The number of hydrogen-bond acceptors (Lipinski definition) is 2. The molecule has 0 radical (unpaired) electrons. The molecule has 3 N–H and O–H groups in total. The number of amides is 2. The van der Waals surface area contributed by atoms with E-state index in [1.54, 1.807) is 30.3 Å². The van der Waals surface area contributed by atoms with Gasteiger partial charge in [-0.15, -0.1) is 0 Å². The van der Waals surface area contributed by atoms with Crippen molar-refractivity contribution < 1.29 is 9.59 Å². The van der Waals surface area contributed by atoms with Crippen LogP contribution in [-0.4, -0.2) is 16.8 Å². The minimum Gasteiger partial charge on any atom is -0.350 e. The lowest BCUT2D eigenvalue weighted by atomic mass is 10.1. The van der Waals surface area contributed by atoms with E-state index in [-0.39, 0.29) is 0 Å². The molecular weight excluding hydrogens is 326 g/mol. The number of nitrogens with one attached hydrogen (secondary N) is 3. The Morgan fingerprint density at radius 3 is 2.33 bits per heavy atom. The van der Waals surface area contributed by atoms with E-state index in [2.05, 4.69) is 21.9 Å². The second-order valence-electron chi connectivity index (χ2n) is 5.64. The van der Waals surface area contributed by atoms with Crippen LogP contribution in [0.25, 0.3) is 10.9 Å². The van der Waals surface area contributed by atoms with Gasteiger partial charge in [-0.2, -0.15) is 0 Å². The van der Waals surface area contributed by atoms with E-state index in [0.29, 0.717) is 16.3 Å². The van der Waals surface area contributed by atoms with Crippen LogP contribution in [0.4, 0.5) is 0 Å². The Balaban J connectivity index is 1.72. The maximum absolute atomic E-state index is 12.2. The minimum absolute atomic E-state index is 0.384. The molecule has 0 aliphatic heterocycles. The van der Waals surface area contributed by atoms with Gasteiger partial charge in [-0.3, -0.25) is 20.4 Å². The number of hydrogen-bond donors (Lipinski definition) is 3. The van der Waals surface area contributed by atoms with Gasteiger partial charge in [0, 0.05) is 21.5 Å². The van der Waals surface area contributed by atoms with Crippen LogP contribution >= 0.6 is 11.6 Å². The van der Waals surface area contributed by atoms with E-state index < -0.39 is 11.8 Å². The molecule has 0 unspecified atom stereocenters. The van der Waals surface area contributed by atoms with Gasteiger partial charge in [0.05, 0.1) is 0 Å². The highest BCUT2D eigenvalue weighted by molar-refractivity contribution is 6.30. The van der Waals surface area contributed by atoms with E-state index >= 15 is 0 Å². The first-order chi connectivity index (χ1) is 11.4. The Morgan fingerprint density at radius 1 is 0.958 bits per heavy atom. The fraction of sp³-hybridized carbons (Fsp3) is 0.111. The van der Waals surface area contributed by atoms with Crippen molar-refractivity contribution in [1.82, 2.24) is 15.8 Å². The maximum Gasteiger partial charge on any atom is 0.286 e. The van der Waals surface area contributed by atoms with Gasteiger partial charge in [0.2, 0.25) is 0 Å². The zero-order valence-corrected chi connectivity index (χ0v) is 14.0. The average Bonchev–Trinajstić information content (AvgIpc) is 2.97. The number of aryl methyl sites for hydroxylation is 2. The number of carbonyl (C=O) groups excluding carboxylic acids is 2. The summed E-state index contributed by atoms with van der Waals surface area (Å²) in [6.07, 6.45) is 0. The summed E-state index contributed by atoms with van der Waals surface area (Å²) in [7, 11) is 0. The molecule has 0 fully saturated rings. The Labute approximate surface area is 144 Å². The molecule has 2 amide bonds. The van der Waals surface area contributed by atoms with Crippen molar-refractivity contribution in [2.24, 2.45) is 0 Å². The number of aromatic amines is 1. The van der Waals surface area contributed by atoms with Gasteiger partial charge in [-0.1, -0.05) is 17.7 Å². The third-order valence-electron chi connectivity index (χ3n) is 3.73. The molecule has 1 aromatic heterocycles. The second-order valence-corrected chi connectivity index (χ2v) is 6.08. The second kappa shape index (κ2) is 6.37. The first-order valence-corrected chi connectivity index (χ1v) is 7.78. The molecule has 0 bridgehead atoms. The molecule has 0 spiro atoms. The van der Waals surface area contributed by atoms with E-state index in [9.17, 15) is 9.59 Å². The Morgan fingerprint density at radius 2 is 1.62 bits per heavy atom. The predicted molar refractivity (Wildman–Crippen MR) is 94.2 cm³/mol. The van der Waals surface area contributed by atoms with Crippen LogP contribution < -0.4 is 10.9 Å². The maximum atomic E-state index is 12.2. The van der Waals surface area contributed by atoms with E-state index in [0.717, 1.165) is 22.0 Å². The Hall–Kier alpha value is -2.79. The predicted octanol–water partition coefficient (Wildman–Crippen LogP) is 3.51. The number of rotatable bonds is 2. The van der Waals surface area contributed by atoms with E-state index in [4.69, 9.17) is 11.6 Å². The monoisotopic (exact) mass is 341 g/mol. The molecule has 122 valence electrons. The van der Waals surface area contributed by atoms with Crippen LogP contribution in [0.3, 0.4) is 0 Å². The van der Waals surface area contributed by atoms with Crippen LogP contribution in [0, 0.1) is 13.8 Å². The van der Waals surface area contributed by atoms with Crippen LogP contribution in [-0.2, 0) is 0 Å². The van der Waals surface area contributed by atoms with E-state index in [1.165, 1.54) is 0 Å². The summed E-state index contributed by atoms with van der Waals surface area (Å²) in [5, 5.41) is 1.52. The summed E-state index contributed by atoms with van der Waals surface area (Å²) in [5.41, 5.74) is 8.67. The zero-order valence-electron chi connectivity index (χ0n) is 13.2. The van der Waals surface area contributed by atoms with Crippen molar-refractivity contribution in [3.8, 4) is 0 Å². The summed E-state index contributed by atoms with van der Waals surface area (Å²) in [6.45, 7) is 3.99. The molecular formula is C18H16ClN3O2. The lowest BCUT2D eigenvalue weighted by Crippen LogP contribution is -2.41. The summed E-state index contributed by atoms with van der Waals surface area (Å²) in [4.78, 5) is 27.3. The van der Waals surface area contributed by atoms with Crippen LogP contribution in [0.5, 0.6) is 0 Å². The van der Waals surface area contributed by atoms with Gasteiger partial charge in [0.15, 0.2) is 0 Å². The van der Waals surface area contributed by atoms with Gasteiger partial charge < -0.3 is 4.98 Å². The number of benzene rings is 2. The average molecular weight is 342 g/mol. The van der Waals surface area contributed by atoms with Crippen molar-refractivity contribution >= 4 is 34.3 Å². The Bertz CT molecular complexity index is 929. The normalized spacial score (nSPS) is 10.6. The highest BCUT2D eigenvalue weighted by Crippen LogP contribution is 2.21. The first-order valence-electron chi connectivity index (χ1n) is 7.40. The molecule has 3 rings (SSSR count). The largest absolute Gasteiger partial charge is 0.350 e. The van der Waals surface area contributed by atoms with Gasteiger partial charge >= 0.3 is 0 Å². The van der Waals surface area contributed by atoms with Crippen molar-refractivity contribution in [2.75, 3.05) is 0 Å². The SMILES string of the molecule is Cc1cc(C)c2cc(C(=O)NNC(=O)c3ccc(Cl)cc3)[nH]c2c1. The van der Waals surface area contributed by atoms with Gasteiger partial charge in [0.25, 0.3) is 11.8 Å². The third kappa shape index (κ3) is 3.26. The van der Waals surface area contributed by atoms with Crippen molar-refractivity contribution in [1.29, 1.82) is 0 Å². The number of H-pyrrole nitrogens is 1. The quantitative estimate of drug-likeness (QED) is 0.624. The first kappa shape index (κ1) is 16.1. The summed E-state index contributed by atoms with van der Waals surface area (Å²) in [6, 6.07) is 12.2. The molecule has 6 heteroatoms. The third-order valence-corrected chi connectivity index (χ3v) is 3.98. The lowest BCUT2D eigenvalue weighted by Gasteiger charge is -2.06. The molecule has 1 heterocycles. The van der Waals surface area contributed by atoms with Gasteiger partial charge in [0.1, 0.15) is 5.69 Å². The number of fused-ring (bicyclic) bond motifs is 1. The van der Waals surface area contributed by atoms with Gasteiger partial charge in [-0.25, -0.2) is 0 Å². The van der Waals surface area contributed by atoms with Crippen LogP contribution in [0.1, 0.15) is 32.0 Å². The fourth-order valence-corrected chi connectivity index (χ4v) is 2.70. The van der Waals surface area contributed by atoms with Crippen molar-refractivity contribution in [2.45, 2.75) is 13.8 Å². The zero-order chi connectivity index (χ0) is 17.3. The van der Waals surface area contributed by atoms with E-state index in [1.807, 2.05) is 19.9 Å². The minimum atomic E-state index is -0.414. The Kier molecular flexibility index (Phi) is 4.27. The van der Waals surface area contributed by atoms with Gasteiger partial charge in [-0.05, 0) is 61.4 Å². The topological polar surface area (TPSA) is 74.0 Å². The molecule has 5 nitrogen and oxygen atoms in total. The number of halogens is 1. The highest BCUT2D eigenvalue weighted by Gasteiger charge is 2.12. The van der Waals surface area contributed by atoms with Crippen LogP contribution in [0.15, 0.2) is 42.5 Å². The molecule has 0 atom stereocenters. The molecule has 3 aromatic rings. The lowest BCUT2D eigenvalue weighted by molar-refractivity contribution is 0.0844. The number of hydrazine groups is 1. The van der Waals surface area contributed by atoms with Crippen molar-refractivity contribution in [3.05, 3.63) is 69.9 Å². The molecule has 2 aromatic carbocycles. The molecule has 0 aliphatic rings. The molecule has 0 saturated heterocycles. The summed E-state index contributed by atoms with van der Waals surface area (Å²) < 4.78 is 0. The summed E-state index contributed by atoms with van der Waals surface area (Å²) in [5.74, 6) is -0.825. The van der Waals surface area contributed by atoms with Crippen LogP contribution in [0.2, 0.25) is 5.02 Å². The molecule has 0 saturated carbocycles. The fourth-order valence-electron chi connectivity index (χ4n) is 2.58. The number of aromatic nitrogens is 1.